The standard InChI is InChI=1S/C19H26N4O2/c1-15-10-18(22-25-15)12-21-19(24)20-11-17-8-5-9-23(14-17)13-16-6-3-2-4-7-16/h2-4,6-7,10,17H,5,8-9,11-14H2,1H3,(H2,20,21,24). The minimum absolute atomic E-state index is 0.152. The fraction of sp³-hybridized carbons (Fsp3) is 0.474. The third kappa shape index (κ3) is 5.60. The van der Waals surface area contributed by atoms with Crippen molar-refractivity contribution in [2.24, 2.45) is 5.92 Å². The van der Waals surface area contributed by atoms with Crippen LogP contribution in [0.4, 0.5) is 4.79 Å². The number of benzene rings is 1. The number of hydrogen-bond donors (Lipinski definition) is 2. The fourth-order valence-electron chi connectivity index (χ4n) is 3.27. The average molecular weight is 342 g/mol. The Hall–Kier alpha value is -2.34. The van der Waals surface area contributed by atoms with E-state index in [-0.39, 0.29) is 6.03 Å². The van der Waals surface area contributed by atoms with Crippen molar-refractivity contribution in [3.05, 3.63) is 53.4 Å². The largest absolute Gasteiger partial charge is 0.361 e. The van der Waals surface area contributed by atoms with Gasteiger partial charge in [-0.1, -0.05) is 35.5 Å². The number of aromatic nitrogens is 1. The highest BCUT2D eigenvalue weighted by Gasteiger charge is 2.20. The zero-order valence-electron chi connectivity index (χ0n) is 14.7. The number of likely N-dealkylation sites (tertiary alicyclic amines) is 1. The van der Waals surface area contributed by atoms with Gasteiger partial charge >= 0.3 is 6.03 Å². The van der Waals surface area contributed by atoms with Crippen LogP contribution in [0.1, 0.15) is 29.9 Å². The third-order valence-electron chi connectivity index (χ3n) is 4.51. The van der Waals surface area contributed by atoms with Crippen molar-refractivity contribution in [1.82, 2.24) is 20.7 Å². The summed E-state index contributed by atoms with van der Waals surface area (Å²) in [5, 5.41) is 9.66. The van der Waals surface area contributed by atoms with E-state index in [1.807, 2.05) is 19.1 Å². The summed E-state index contributed by atoms with van der Waals surface area (Å²) in [6, 6.07) is 12.2. The van der Waals surface area contributed by atoms with Crippen molar-refractivity contribution < 1.29 is 9.32 Å². The van der Waals surface area contributed by atoms with Crippen molar-refractivity contribution in [2.45, 2.75) is 32.9 Å². The highest BCUT2D eigenvalue weighted by atomic mass is 16.5. The minimum atomic E-state index is -0.152. The van der Waals surface area contributed by atoms with Gasteiger partial charge in [0.2, 0.25) is 0 Å². The lowest BCUT2D eigenvalue weighted by atomic mass is 9.97. The number of aryl methyl sites for hydroxylation is 1. The Morgan fingerprint density at radius 2 is 2.16 bits per heavy atom. The molecule has 6 nitrogen and oxygen atoms in total. The summed E-state index contributed by atoms with van der Waals surface area (Å²) in [7, 11) is 0. The molecule has 0 radical (unpaired) electrons. The monoisotopic (exact) mass is 342 g/mol. The number of hydrogen-bond acceptors (Lipinski definition) is 4. The second-order valence-electron chi connectivity index (χ2n) is 6.72. The van der Waals surface area contributed by atoms with Crippen LogP contribution in [-0.4, -0.2) is 35.7 Å². The molecule has 2 heterocycles. The van der Waals surface area contributed by atoms with E-state index < -0.39 is 0 Å². The van der Waals surface area contributed by atoms with E-state index >= 15 is 0 Å². The molecule has 1 aliphatic rings. The van der Waals surface area contributed by atoms with Crippen LogP contribution in [0.3, 0.4) is 0 Å². The number of rotatable bonds is 6. The summed E-state index contributed by atoms with van der Waals surface area (Å²) in [4.78, 5) is 14.4. The fourth-order valence-corrected chi connectivity index (χ4v) is 3.27. The van der Waals surface area contributed by atoms with Crippen LogP contribution in [-0.2, 0) is 13.1 Å². The maximum atomic E-state index is 11.9. The van der Waals surface area contributed by atoms with E-state index in [4.69, 9.17) is 4.52 Å². The van der Waals surface area contributed by atoms with Crippen molar-refractivity contribution in [3.63, 3.8) is 0 Å². The quantitative estimate of drug-likeness (QED) is 0.847. The predicted molar refractivity (Wildman–Crippen MR) is 95.9 cm³/mol. The van der Waals surface area contributed by atoms with Crippen LogP contribution >= 0.6 is 0 Å². The highest BCUT2D eigenvalue weighted by Crippen LogP contribution is 2.18. The summed E-state index contributed by atoms with van der Waals surface area (Å²) < 4.78 is 4.99. The van der Waals surface area contributed by atoms with Gasteiger partial charge in [0, 0.05) is 25.7 Å². The van der Waals surface area contributed by atoms with Gasteiger partial charge in [0.25, 0.3) is 0 Å². The van der Waals surface area contributed by atoms with Crippen LogP contribution in [0.5, 0.6) is 0 Å². The van der Waals surface area contributed by atoms with Crippen molar-refractivity contribution in [3.8, 4) is 0 Å². The Kier molecular flexibility index (Phi) is 6.06. The normalized spacial score (nSPS) is 18.0. The SMILES string of the molecule is Cc1cc(CNC(=O)NCC2CCCN(Cc3ccccc3)C2)no1. The summed E-state index contributed by atoms with van der Waals surface area (Å²) in [5.41, 5.74) is 2.08. The number of carbonyl (C=O) groups is 1. The van der Waals surface area contributed by atoms with E-state index in [1.54, 1.807) is 0 Å². The molecule has 2 amide bonds. The molecule has 25 heavy (non-hydrogen) atoms. The number of nitrogens with one attached hydrogen (secondary N) is 2. The molecule has 2 N–H and O–H groups in total. The average Bonchev–Trinajstić information content (AvgIpc) is 3.05. The van der Waals surface area contributed by atoms with Crippen LogP contribution in [0, 0.1) is 12.8 Å². The lowest BCUT2D eigenvalue weighted by Crippen LogP contribution is -2.43. The Bertz CT molecular complexity index is 671. The first-order chi connectivity index (χ1) is 12.2. The summed E-state index contributed by atoms with van der Waals surface area (Å²) >= 11 is 0. The molecule has 0 bridgehead atoms. The van der Waals surface area contributed by atoms with Crippen molar-refractivity contribution in [1.29, 1.82) is 0 Å². The molecule has 1 fully saturated rings. The van der Waals surface area contributed by atoms with E-state index in [1.165, 1.54) is 12.0 Å². The van der Waals surface area contributed by atoms with Gasteiger partial charge in [-0.2, -0.15) is 0 Å². The van der Waals surface area contributed by atoms with Gasteiger partial charge in [-0.15, -0.1) is 0 Å². The number of urea groups is 1. The Labute approximate surface area is 148 Å². The summed E-state index contributed by atoms with van der Waals surface area (Å²) in [5.74, 6) is 1.25. The lowest BCUT2D eigenvalue weighted by Gasteiger charge is -2.32. The van der Waals surface area contributed by atoms with Crippen LogP contribution in [0.25, 0.3) is 0 Å². The van der Waals surface area contributed by atoms with Crippen LogP contribution in [0.15, 0.2) is 40.9 Å². The summed E-state index contributed by atoms with van der Waals surface area (Å²) in [6.45, 7) is 6.06. The van der Waals surface area contributed by atoms with E-state index in [9.17, 15) is 4.79 Å². The predicted octanol–water partition coefficient (Wildman–Crippen LogP) is 2.69. The molecular formula is C19H26N4O2. The molecular weight excluding hydrogens is 316 g/mol. The molecule has 0 spiro atoms. The molecule has 1 atom stereocenters. The maximum Gasteiger partial charge on any atom is 0.315 e. The molecule has 134 valence electrons. The summed E-state index contributed by atoms with van der Waals surface area (Å²) in [6.07, 6.45) is 2.34. The number of nitrogens with zero attached hydrogens (tertiary/aromatic N) is 2. The number of piperidine rings is 1. The second kappa shape index (κ2) is 8.67. The molecule has 1 aromatic carbocycles. The van der Waals surface area contributed by atoms with Gasteiger partial charge in [0.1, 0.15) is 11.5 Å². The number of carbonyl (C=O) groups excluding carboxylic acids is 1. The van der Waals surface area contributed by atoms with Crippen molar-refractivity contribution in [2.75, 3.05) is 19.6 Å². The molecule has 3 rings (SSSR count). The first kappa shape index (κ1) is 17.5. The molecule has 1 unspecified atom stereocenters. The molecule has 6 heteroatoms. The van der Waals surface area contributed by atoms with E-state index in [0.29, 0.717) is 19.0 Å². The molecule has 1 aromatic heterocycles. The Balaban J connectivity index is 1.38. The third-order valence-corrected chi connectivity index (χ3v) is 4.51. The van der Waals surface area contributed by atoms with Crippen LogP contribution in [0.2, 0.25) is 0 Å². The van der Waals surface area contributed by atoms with Crippen LogP contribution < -0.4 is 10.6 Å². The van der Waals surface area contributed by atoms with Gasteiger partial charge in [-0.25, -0.2) is 4.79 Å². The van der Waals surface area contributed by atoms with Gasteiger partial charge < -0.3 is 15.2 Å². The zero-order valence-corrected chi connectivity index (χ0v) is 14.7. The minimum Gasteiger partial charge on any atom is -0.361 e. The molecule has 0 saturated carbocycles. The van der Waals surface area contributed by atoms with Crippen molar-refractivity contribution >= 4 is 6.03 Å². The van der Waals surface area contributed by atoms with E-state index in [0.717, 1.165) is 37.5 Å². The van der Waals surface area contributed by atoms with Gasteiger partial charge in [-0.3, -0.25) is 4.90 Å². The van der Waals surface area contributed by atoms with Gasteiger partial charge in [0.15, 0.2) is 0 Å². The Morgan fingerprint density at radius 3 is 2.92 bits per heavy atom. The lowest BCUT2D eigenvalue weighted by molar-refractivity contribution is 0.165. The molecule has 1 saturated heterocycles. The van der Waals surface area contributed by atoms with Gasteiger partial charge in [0.05, 0.1) is 6.54 Å². The number of amides is 2. The van der Waals surface area contributed by atoms with Gasteiger partial charge in [-0.05, 0) is 37.8 Å². The highest BCUT2D eigenvalue weighted by molar-refractivity contribution is 5.73. The molecule has 0 aliphatic carbocycles. The second-order valence-corrected chi connectivity index (χ2v) is 6.72. The van der Waals surface area contributed by atoms with E-state index in [2.05, 4.69) is 45.0 Å². The smallest absolute Gasteiger partial charge is 0.315 e. The topological polar surface area (TPSA) is 70.4 Å². The first-order valence-electron chi connectivity index (χ1n) is 8.89. The molecule has 2 aromatic rings. The maximum absolute atomic E-state index is 11.9. The first-order valence-corrected chi connectivity index (χ1v) is 8.89. The molecule has 1 aliphatic heterocycles. The Morgan fingerprint density at radius 1 is 1.32 bits per heavy atom. The zero-order chi connectivity index (χ0) is 17.5.